The number of amides is 2. The number of rotatable bonds is 6. The van der Waals surface area contributed by atoms with Crippen molar-refractivity contribution >= 4 is 27.5 Å². The third-order valence-electron chi connectivity index (χ3n) is 5.43. The Kier molecular flexibility index (Phi) is 5.93. The van der Waals surface area contributed by atoms with Crippen LogP contribution in [0.4, 0.5) is 4.79 Å². The van der Waals surface area contributed by atoms with Crippen molar-refractivity contribution in [3.8, 4) is 0 Å². The molecule has 0 saturated carbocycles. The predicted molar refractivity (Wildman–Crippen MR) is 117 cm³/mol. The number of benzene rings is 2. The lowest BCUT2D eigenvalue weighted by Crippen LogP contribution is -2.49. The number of carbonyl (C=O) groups excluding carboxylic acids is 1. The van der Waals surface area contributed by atoms with Gasteiger partial charge in [-0.1, -0.05) is 49.4 Å². The minimum absolute atomic E-state index is 0.0754. The molecule has 28 heavy (non-hydrogen) atoms. The SMILES string of the molecule is CCC(Cc1cc2ccccc2s1)NC(=O)NCC1Cc2ccccc2CN1. The molecule has 0 fully saturated rings. The monoisotopic (exact) mass is 393 g/mol. The third-order valence-corrected chi connectivity index (χ3v) is 6.57. The van der Waals surface area contributed by atoms with Gasteiger partial charge in [-0.25, -0.2) is 4.79 Å². The van der Waals surface area contributed by atoms with E-state index in [4.69, 9.17) is 0 Å². The van der Waals surface area contributed by atoms with Gasteiger partial charge in [0.25, 0.3) is 0 Å². The first-order valence-electron chi connectivity index (χ1n) is 10.0. The topological polar surface area (TPSA) is 53.2 Å². The lowest BCUT2D eigenvalue weighted by atomic mass is 9.96. The molecule has 1 aliphatic rings. The lowest BCUT2D eigenvalue weighted by molar-refractivity contribution is 0.234. The van der Waals surface area contributed by atoms with E-state index in [-0.39, 0.29) is 18.1 Å². The maximum Gasteiger partial charge on any atom is 0.315 e. The highest BCUT2D eigenvalue weighted by Gasteiger charge is 2.19. The van der Waals surface area contributed by atoms with Crippen LogP contribution in [0.25, 0.3) is 10.1 Å². The molecule has 0 spiro atoms. The second-order valence-corrected chi connectivity index (χ2v) is 8.63. The zero-order valence-electron chi connectivity index (χ0n) is 16.2. The van der Waals surface area contributed by atoms with Crippen LogP contribution in [0.15, 0.2) is 54.6 Å². The van der Waals surface area contributed by atoms with E-state index in [1.165, 1.54) is 26.1 Å². The number of hydrogen-bond donors (Lipinski definition) is 3. The minimum Gasteiger partial charge on any atom is -0.337 e. The Bertz CT molecular complexity index is 919. The van der Waals surface area contributed by atoms with Crippen molar-refractivity contribution in [2.75, 3.05) is 6.54 Å². The van der Waals surface area contributed by atoms with Gasteiger partial charge in [0.05, 0.1) is 0 Å². The summed E-state index contributed by atoms with van der Waals surface area (Å²) in [7, 11) is 0. The number of nitrogens with one attached hydrogen (secondary N) is 3. The van der Waals surface area contributed by atoms with E-state index in [0.717, 1.165) is 25.8 Å². The van der Waals surface area contributed by atoms with Crippen LogP contribution in [-0.4, -0.2) is 24.7 Å². The van der Waals surface area contributed by atoms with Crippen LogP contribution in [0.5, 0.6) is 0 Å². The van der Waals surface area contributed by atoms with E-state index in [1.54, 1.807) is 0 Å². The summed E-state index contributed by atoms with van der Waals surface area (Å²) in [5.41, 5.74) is 2.74. The van der Waals surface area contributed by atoms with Crippen molar-refractivity contribution in [2.24, 2.45) is 0 Å². The van der Waals surface area contributed by atoms with Crippen molar-refractivity contribution in [2.45, 2.75) is 44.8 Å². The second-order valence-electron chi connectivity index (χ2n) is 7.46. The molecule has 3 aromatic rings. The summed E-state index contributed by atoms with van der Waals surface area (Å²) in [6.45, 7) is 3.63. The Hall–Kier alpha value is -2.37. The molecule has 2 atom stereocenters. The lowest BCUT2D eigenvalue weighted by Gasteiger charge is -2.26. The summed E-state index contributed by atoms with van der Waals surface area (Å²) in [6.07, 6.45) is 2.74. The normalized spacial score (nSPS) is 17.1. The zero-order chi connectivity index (χ0) is 19.3. The molecule has 4 nitrogen and oxygen atoms in total. The first kappa shape index (κ1) is 19.0. The summed E-state index contributed by atoms with van der Waals surface area (Å²) in [4.78, 5) is 13.7. The number of fused-ring (bicyclic) bond motifs is 2. The van der Waals surface area contributed by atoms with Crippen molar-refractivity contribution in [1.82, 2.24) is 16.0 Å². The van der Waals surface area contributed by atoms with Gasteiger partial charge < -0.3 is 16.0 Å². The minimum atomic E-state index is -0.0754. The van der Waals surface area contributed by atoms with Gasteiger partial charge in [-0.05, 0) is 41.5 Å². The molecule has 0 saturated heterocycles. The van der Waals surface area contributed by atoms with Crippen LogP contribution >= 0.6 is 11.3 Å². The molecule has 5 heteroatoms. The fourth-order valence-corrected chi connectivity index (χ4v) is 4.94. The van der Waals surface area contributed by atoms with Crippen molar-refractivity contribution in [1.29, 1.82) is 0 Å². The second kappa shape index (κ2) is 8.76. The van der Waals surface area contributed by atoms with Crippen LogP contribution in [0, 0.1) is 0 Å². The average molecular weight is 394 g/mol. The summed E-state index contributed by atoms with van der Waals surface area (Å²) in [6, 6.07) is 19.5. The smallest absolute Gasteiger partial charge is 0.315 e. The highest BCUT2D eigenvalue weighted by atomic mass is 32.1. The molecular weight excluding hydrogens is 366 g/mol. The van der Waals surface area contributed by atoms with Crippen LogP contribution in [0.1, 0.15) is 29.3 Å². The van der Waals surface area contributed by atoms with Crippen LogP contribution < -0.4 is 16.0 Å². The Balaban J connectivity index is 1.27. The predicted octanol–water partition coefficient (Wildman–Crippen LogP) is 4.24. The van der Waals surface area contributed by atoms with E-state index in [2.05, 4.69) is 77.5 Å². The first-order chi connectivity index (χ1) is 13.7. The molecule has 4 rings (SSSR count). The highest BCUT2D eigenvalue weighted by Crippen LogP contribution is 2.26. The number of thiophene rings is 1. The van der Waals surface area contributed by atoms with Gasteiger partial charge in [-0.2, -0.15) is 0 Å². The molecule has 0 radical (unpaired) electrons. The first-order valence-corrected chi connectivity index (χ1v) is 10.8. The van der Waals surface area contributed by atoms with Crippen LogP contribution in [-0.2, 0) is 19.4 Å². The van der Waals surface area contributed by atoms with Gasteiger partial charge in [0.1, 0.15) is 0 Å². The molecule has 0 aliphatic carbocycles. The summed E-state index contributed by atoms with van der Waals surface area (Å²) >= 11 is 1.82. The van der Waals surface area contributed by atoms with E-state index in [9.17, 15) is 4.79 Å². The molecule has 2 aromatic carbocycles. The molecule has 0 bridgehead atoms. The van der Waals surface area contributed by atoms with Crippen molar-refractivity contribution in [3.63, 3.8) is 0 Å². The largest absolute Gasteiger partial charge is 0.337 e. The fourth-order valence-electron chi connectivity index (χ4n) is 3.80. The Morgan fingerprint density at radius 2 is 1.96 bits per heavy atom. The molecular formula is C23H27N3OS. The van der Waals surface area contributed by atoms with Crippen LogP contribution in [0.2, 0.25) is 0 Å². The number of hydrogen-bond acceptors (Lipinski definition) is 3. The maximum absolute atomic E-state index is 12.4. The maximum atomic E-state index is 12.4. The molecule has 1 aromatic heterocycles. The molecule has 1 aliphatic heterocycles. The standard InChI is InChI=1S/C23H27N3OS/c1-2-19(13-21-12-17-8-5-6-10-22(17)28-21)26-23(27)25-15-20-11-16-7-3-4-9-18(16)14-24-20/h3-10,12,19-20,24H,2,11,13-15H2,1H3,(H2,25,26,27). The zero-order valence-corrected chi connectivity index (χ0v) is 17.0. The van der Waals surface area contributed by atoms with Crippen molar-refractivity contribution < 1.29 is 4.79 Å². The van der Waals surface area contributed by atoms with Crippen molar-refractivity contribution in [3.05, 3.63) is 70.6 Å². The van der Waals surface area contributed by atoms with E-state index in [1.807, 2.05) is 11.3 Å². The number of carbonyl (C=O) groups is 1. The van der Waals surface area contributed by atoms with Gasteiger partial charge in [0.2, 0.25) is 0 Å². The summed E-state index contributed by atoms with van der Waals surface area (Å²) in [5, 5.41) is 11.0. The Morgan fingerprint density at radius 3 is 2.79 bits per heavy atom. The van der Waals surface area contributed by atoms with Crippen LogP contribution in [0.3, 0.4) is 0 Å². The molecule has 2 amide bonds. The fraction of sp³-hybridized carbons (Fsp3) is 0.348. The summed E-state index contributed by atoms with van der Waals surface area (Å²) < 4.78 is 1.31. The van der Waals surface area contributed by atoms with Gasteiger partial charge in [-0.3, -0.25) is 0 Å². The van der Waals surface area contributed by atoms with E-state index >= 15 is 0 Å². The molecule has 2 heterocycles. The van der Waals surface area contributed by atoms with E-state index in [0.29, 0.717) is 6.54 Å². The van der Waals surface area contributed by atoms with Gasteiger partial charge in [-0.15, -0.1) is 11.3 Å². The Labute approximate surface area is 170 Å². The molecule has 146 valence electrons. The van der Waals surface area contributed by atoms with Gasteiger partial charge >= 0.3 is 6.03 Å². The van der Waals surface area contributed by atoms with Gasteiger partial charge in [0.15, 0.2) is 0 Å². The average Bonchev–Trinajstić information content (AvgIpc) is 3.14. The van der Waals surface area contributed by atoms with Gasteiger partial charge in [0, 0.05) is 41.2 Å². The van der Waals surface area contributed by atoms with E-state index < -0.39 is 0 Å². The number of urea groups is 1. The molecule has 3 N–H and O–H groups in total. The summed E-state index contributed by atoms with van der Waals surface area (Å²) in [5.74, 6) is 0. The Morgan fingerprint density at radius 1 is 1.18 bits per heavy atom. The molecule has 2 unspecified atom stereocenters. The third kappa shape index (κ3) is 4.54. The quantitative estimate of drug-likeness (QED) is 0.587. The highest BCUT2D eigenvalue weighted by molar-refractivity contribution is 7.19.